The molecule has 0 atom stereocenters. The molecule has 0 fully saturated rings. The van der Waals surface area contributed by atoms with Gasteiger partial charge in [-0.2, -0.15) is 0 Å². The van der Waals surface area contributed by atoms with Gasteiger partial charge in [-0.1, -0.05) is 6.58 Å². The summed E-state index contributed by atoms with van der Waals surface area (Å²) in [6.07, 6.45) is 2.78. The maximum Gasteiger partial charge on any atom is 0.330 e. The third-order valence-electron chi connectivity index (χ3n) is 1.95. The Kier molecular flexibility index (Phi) is 5.83. The molecular formula is C9H16O6S2. The average molecular weight is 284 g/mol. The molecule has 0 unspecified atom stereocenters. The molecule has 6 nitrogen and oxygen atoms in total. The first kappa shape index (κ1) is 16.1. The van der Waals surface area contributed by atoms with E-state index in [1.807, 2.05) is 0 Å². The Labute approximate surface area is 101 Å². The van der Waals surface area contributed by atoms with Gasteiger partial charge in [-0.25, -0.2) is 21.6 Å². The normalized spacial score (nSPS) is 12.4. The van der Waals surface area contributed by atoms with Gasteiger partial charge in [-0.3, -0.25) is 0 Å². The Morgan fingerprint density at radius 3 is 2.06 bits per heavy atom. The first-order valence-electron chi connectivity index (χ1n) is 4.76. The van der Waals surface area contributed by atoms with Crippen LogP contribution < -0.4 is 0 Å². The molecule has 0 aliphatic carbocycles. The van der Waals surface area contributed by atoms with Gasteiger partial charge in [0.05, 0.1) is 6.61 Å². The van der Waals surface area contributed by atoms with Crippen LogP contribution in [0.25, 0.3) is 0 Å². The number of ether oxygens (including phenoxy) is 1. The number of rotatable bonds is 7. The molecule has 0 aliphatic rings. The van der Waals surface area contributed by atoms with Gasteiger partial charge in [0, 0.05) is 18.6 Å². The van der Waals surface area contributed by atoms with E-state index in [-0.39, 0.29) is 19.4 Å². The van der Waals surface area contributed by atoms with E-state index in [1.165, 1.54) is 0 Å². The van der Waals surface area contributed by atoms with Gasteiger partial charge in [-0.05, 0) is 12.8 Å². The van der Waals surface area contributed by atoms with Gasteiger partial charge in [0.25, 0.3) is 0 Å². The second-order valence-electron chi connectivity index (χ2n) is 3.60. The van der Waals surface area contributed by atoms with Crippen molar-refractivity contribution in [2.45, 2.75) is 17.4 Å². The quantitative estimate of drug-likeness (QED) is 0.368. The first-order chi connectivity index (χ1) is 7.59. The van der Waals surface area contributed by atoms with Crippen LogP contribution in [0.15, 0.2) is 12.7 Å². The van der Waals surface area contributed by atoms with Crippen LogP contribution in [0.1, 0.15) is 12.8 Å². The fourth-order valence-electron chi connectivity index (χ4n) is 1.23. The lowest BCUT2D eigenvalue weighted by atomic mass is 10.3. The smallest absolute Gasteiger partial charge is 0.330 e. The molecule has 0 saturated heterocycles. The van der Waals surface area contributed by atoms with Gasteiger partial charge in [-0.15, -0.1) is 0 Å². The molecule has 0 amide bonds. The van der Waals surface area contributed by atoms with E-state index in [4.69, 9.17) is 0 Å². The fraction of sp³-hybridized carbons (Fsp3) is 0.667. The van der Waals surface area contributed by atoms with Gasteiger partial charge < -0.3 is 4.74 Å². The molecule has 0 saturated carbocycles. The third kappa shape index (κ3) is 6.42. The SMILES string of the molecule is C=CC(=O)OCCCC(S(C)(=O)=O)S(C)(=O)=O. The van der Waals surface area contributed by atoms with Gasteiger partial charge >= 0.3 is 5.97 Å². The van der Waals surface area contributed by atoms with Crippen LogP contribution in [-0.2, 0) is 29.2 Å². The Morgan fingerprint density at radius 1 is 1.24 bits per heavy atom. The van der Waals surface area contributed by atoms with Gasteiger partial charge in [0.1, 0.15) is 0 Å². The van der Waals surface area contributed by atoms with E-state index in [0.29, 0.717) is 0 Å². The minimum Gasteiger partial charge on any atom is -0.463 e. The van der Waals surface area contributed by atoms with Crippen molar-refractivity contribution in [2.75, 3.05) is 19.1 Å². The molecule has 0 N–H and O–H groups in total. The summed E-state index contributed by atoms with van der Waals surface area (Å²) in [7, 11) is -7.35. The second-order valence-corrected chi connectivity index (χ2v) is 8.36. The number of carbonyl (C=O) groups excluding carboxylic acids is 1. The largest absolute Gasteiger partial charge is 0.463 e. The van der Waals surface area contributed by atoms with Crippen LogP contribution in [0.4, 0.5) is 0 Å². The van der Waals surface area contributed by atoms with Crippen molar-refractivity contribution in [2.24, 2.45) is 0 Å². The number of hydrogen-bond acceptors (Lipinski definition) is 6. The number of sulfone groups is 2. The molecule has 17 heavy (non-hydrogen) atoms. The second kappa shape index (κ2) is 6.15. The molecule has 100 valence electrons. The zero-order valence-corrected chi connectivity index (χ0v) is 11.4. The Balaban J connectivity index is 4.42. The van der Waals surface area contributed by atoms with Crippen molar-refractivity contribution in [3.05, 3.63) is 12.7 Å². The molecule has 8 heteroatoms. The van der Waals surface area contributed by atoms with Crippen LogP contribution in [-0.4, -0.2) is 46.5 Å². The summed E-state index contributed by atoms with van der Waals surface area (Å²) in [6, 6.07) is 0. The lowest BCUT2D eigenvalue weighted by Crippen LogP contribution is -2.29. The van der Waals surface area contributed by atoms with Crippen LogP contribution in [0.5, 0.6) is 0 Å². The van der Waals surface area contributed by atoms with Crippen molar-refractivity contribution >= 4 is 25.6 Å². The number of carbonyl (C=O) groups is 1. The maximum atomic E-state index is 11.3. The highest BCUT2D eigenvalue weighted by Crippen LogP contribution is 2.14. The monoisotopic (exact) mass is 284 g/mol. The summed E-state index contributed by atoms with van der Waals surface area (Å²) >= 11 is 0. The molecule has 0 aromatic carbocycles. The lowest BCUT2D eigenvalue weighted by Gasteiger charge is -2.12. The van der Waals surface area contributed by atoms with Crippen LogP contribution in [0.2, 0.25) is 0 Å². The summed E-state index contributed by atoms with van der Waals surface area (Å²) in [5, 5.41) is 0. The molecule has 0 heterocycles. The van der Waals surface area contributed by atoms with Crippen molar-refractivity contribution in [1.29, 1.82) is 0 Å². The standard InChI is InChI=1S/C9H16O6S2/c1-4-8(10)15-7-5-6-9(16(2,11)12)17(3,13)14/h4,9H,1,5-7H2,2-3H3. The minimum atomic E-state index is -3.68. The Bertz CT molecular complexity index is 442. The van der Waals surface area contributed by atoms with Crippen molar-refractivity contribution < 1.29 is 26.4 Å². The predicted molar refractivity (Wildman–Crippen MR) is 63.9 cm³/mol. The zero-order valence-electron chi connectivity index (χ0n) is 9.75. The average Bonchev–Trinajstić information content (AvgIpc) is 2.12. The molecule has 0 bridgehead atoms. The fourth-order valence-corrected chi connectivity index (χ4v) is 4.96. The van der Waals surface area contributed by atoms with E-state index < -0.39 is 30.2 Å². The van der Waals surface area contributed by atoms with E-state index in [1.54, 1.807) is 0 Å². The molecular weight excluding hydrogens is 268 g/mol. The highest BCUT2D eigenvalue weighted by atomic mass is 32.3. The zero-order chi connectivity index (χ0) is 13.7. The predicted octanol–water partition coefficient (Wildman–Crippen LogP) is -0.0889. The van der Waals surface area contributed by atoms with Crippen molar-refractivity contribution in [3.63, 3.8) is 0 Å². The molecule has 0 aromatic rings. The summed E-state index contributed by atoms with van der Waals surface area (Å²) in [5.41, 5.74) is 0. The number of hydrogen-bond donors (Lipinski definition) is 0. The lowest BCUT2D eigenvalue weighted by molar-refractivity contribution is -0.137. The summed E-state index contributed by atoms with van der Waals surface area (Å²) in [5.74, 6) is -0.625. The summed E-state index contributed by atoms with van der Waals surface area (Å²) in [6.45, 7) is 3.15. The number of esters is 1. The topological polar surface area (TPSA) is 94.6 Å². The highest BCUT2D eigenvalue weighted by molar-refractivity contribution is 8.08. The van der Waals surface area contributed by atoms with E-state index in [9.17, 15) is 21.6 Å². The first-order valence-corrected chi connectivity index (χ1v) is 8.67. The summed E-state index contributed by atoms with van der Waals surface area (Å²) < 4.78 is 48.2. The van der Waals surface area contributed by atoms with Crippen LogP contribution in [0.3, 0.4) is 0 Å². The highest BCUT2D eigenvalue weighted by Gasteiger charge is 2.30. The molecule has 0 radical (unpaired) electrons. The summed E-state index contributed by atoms with van der Waals surface area (Å²) in [4.78, 5) is 10.7. The van der Waals surface area contributed by atoms with Crippen LogP contribution in [0, 0.1) is 0 Å². The third-order valence-corrected chi connectivity index (χ3v) is 6.43. The van der Waals surface area contributed by atoms with Gasteiger partial charge in [0.15, 0.2) is 24.3 Å². The van der Waals surface area contributed by atoms with Gasteiger partial charge in [0.2, 0.25) is 0 Å². The Morgan fingerprint density at radius 2 is 1.71 bits per heavy atom. The molecule has 0 rings (SSSR count). The Hall–Kier alpha value is -0.890. The molecule has 0 aromatic heterocycles. The van der Waals surface area contributed by atoms with Crippen molar-refractivity contribution in [1.82, 2.24) is 0 Å². The van der Waals surface area contributed by atoms with E-state index in [0.717, 1.165) is 18.6 Å². The molecule has 0 aliphatic heterocycles. The maximum absolute atomic E-state index is 11.3. The minimum absolute atomic E-state index is 0.0353. The van der Waals surface area contributed by atoms with Crippen molar-refractivity contribution in [3.8, 4) is 0 Å². The van der Waals surface area contributed by atoms with E-state index >= 15 is 0 Å². The van der Waals surface area contributed by atoms with Crippen LogP contribution >= 0.6 is 0 Å². The molecule has 0 spiro atoms. The van der Waals surface area contributed by atoms with E-state index in [2.05, 4.69) is 11.3 Å².